The van der Waals surface area contributed by atoms with Gasteiger partial charge in [-0.05, 0) is 22.6 Å². The summed E-state index contributed by atoms with van der Waals surface area (Å²) >= 11 is 2.35. The fraction of sp³-hybridized carbons (Fsp3) is 0.625. The van der Waals surface area contributed by atoms with Gasteiger partial charge in [0.15, 0.2) is 0 Å². The van der Waals surface area contributed by atoms with Crippen molar-refractivity contribution in [1.82, 2.24) is 14.6 Å². The maximum absolute atomic E-state index is 4.32. The van der Waals surface area contributed by atoms with Crippen LogP contribution in [0.5, 0.6) is 0 Å². The highest BCUT2D eigenvalue weighted by molar-refractivity contribution is 14.1. The van der Waals surface area contributed by atoms with Crippen molar-refractivity contribution in [3.8, 4) is 0 Å². The lowest BCUT2D eigenvalue weighted by atomic mass is 9.86. The van der Waals surface area contributed by atoms with Gasteiger partial charge in [-0.15, -0.1) is 0 Å². The molecule has 1 aliphatic heterocycles. The number of halogens is 1. The van der Waals surface area contributed by atoms with Crippen molar-refractivity contribution in [1.29, 1.82) is 0 Å². The molecule has 0 fully saturated rings. The van der Waals surface area contributed by atoms with Crippen LogP contribution in [-0.4, -0.2) is 28.6 Å². The van der Waals surface area contributed by atoms with Gasteiger partial charge in [0.25, 0.3) is 0 Å². The summed E-state index contributed by atoms with van der Waals surface area (Å²) in [5.41, 5.74) is 1.36. The Balaban J connectivity index is 2.13. The quantitative estimate of drug-likeness (QED) is 0.605. The van der Waals surface area contributed by atoms with E-state index in [0.29, 0.717) is 0 Å². The van der Waals surface area contributed by atoms with Crippen LogP contribution in [0.25, 0.3) is 0 Å². The molecule has 0 saturated heterocycles. The molecule has 3 nitrogen and oxygen atoms in total. The SMILES string of the molecule is CC[B]N1CCn2ncc(I)c2C1. The monoisotopic (exact) mass is 288 g/mol. The summed E-state index contributed by atoms with van der Waals surface area (Å²) in [4.78, 5) is 2.37. The predicted octanol–water partition coefficient (Wildman–Crippen LogP) is 1.36. The van der Waals surface area contributed by atoms with Crippen LogP contribution in [-0.2, 0) is 13.1 Å². The summed E-state index contributed by atoms with van der Waals surface area (Å²) in [5, 5.41) is 4.32. The summed E-state index contributed by atoms with van der Waals surface area (Å²) in [5.74, 6) is 0. The summed E-state index contributed by atoms with van der Waals surface area (Å²) in [6.07, 6.45) is 3.07. The molecule has 2 heterocycles. The van der Waals surface area contributed by atoms with Gasteiger partial charge in [-0.2, -0.15) is 5.10 Å². The summed E-state index contributed by atoms with van der Waals surface area (Å²) in [6, 6.07) is 0. The van der Waals surface area contributed by atoms with E-state index in [-0.39, 0.29) is 0 Å². The zero-order valence-corrected chi connectivity index (χ0v) is 9.86. The molecule has 0 saturated carbocycles. The molecule has 1 aromatic heterocycles. The van der Waals surface area contributed by atoms with Crippen molar-refractivity contribution in [3.05, 3.63) is 15.5 Å². The second-order valence-electron chi connectivity index (χ2n) is 3.22. The van der Waals surface area contributed by atoms with Crippen LogP contribution in [0.3, 0.4) is 0 Å². The average Bonchev–Trinajstić information content (AvgIpc) is 2.49. The number of hydrogen-bond donors (Lipinski definition) is 0. The van der Waals surface area contributed by atoms with E-state index >= 15 is 0 Å². The Bertz CT molecular complexity index is 300. The van der Waals surface area contributed by atoms with E-state index < -0.39 is 0 Å². The van der Waals surface area contributed by atoms with Crippen molar-refractivity contribution in [2.75, 3.05) is 6.54 Å². The van der Waals surface area contributed by atoms with Gasteiger partial charge in [0, 0.05) is 13.1 Å². The fourth-order valence-corrected chi connectivity index (χ4v) is 2.22. The van der Waals surface area contributed by atoms with Crippen LogP contribution >= 0.6 is 22.6 Å². The first-order valence-corrected chi connectivity index (χ1v) is 5.66. The molecule has 2 rings (SSSR count). The third-order valence-electron chi connectivity index (χ3n) is 2.29. The van der Waals surface area contributed by atoms with Crippen molar-refractivity contribution in [2.45, 2.75) is 26.3 Å². The van der Waals surface area contributed by atoms with Gasteiger partial charge in [0.05, 0.1) is 22.0 Å². The Kier molecular flexibility index (Phi) is 2.93. The summed E-state index contributed by atoms with van der Waals surface area (Å²) < 4.78 is 3.40. The Hall–Kier alpha value is -0.0351. The van der Waals surface area contributed by atoms with Gasteiger partial charge < -0.3 is 4.81 Å². The van der Waals surface area contributed by atoms with Crippen molar-refractivity contribution in [3.63, 3.8) is 0 Å². The minimum absolute atomic E-state index is 1.02. The molecule has 5 heteroatoms. The zero-order chi connectivity index (χ0) is 9.26. The standard InChI is InChI=1S/C8H12BIN3/c1-2-9-12-3-4-13-8(6-12)7(10)5-11-13/h5H,2-4,6H2,1H3. The number of hydrogen-bond acceptors (Lipinski definition) is 2. The molecule has 0 aliphatic carbocycles. The lowest BCUT2D eigenvalue weighted by Crippen LogP contribution is -2.36. The van der Waals surface area contributed by atoms with Crippen molar-refractivity contribution < 1.29 is 0 Å². The minimum atomic E-state index is 1.02. The Morgan fingerprint density at radius 3 is 3.23 bits per heavy atom. The maximum atomic E-state index is 4.32. The first kappa shape index (κ1) is 9.52. The second-order valence-corrected chi connectivity index (χ2v) is 4.39. The van der Waals surface area contributed by atoms with Crippen LogP contribution in [0.1, 0.15) is 12.6 Å². The Morgan fingerprint density at radius 2 is 2.46 bits per heavy atom. The largest absolute Gasteiger partial charge is 0.340 e. The minimum Gasteiger partial charge on any atom is -0.340 e. The Labute approximate surface area is 92.9 Å². The number of rotatable bonds is 2. The highest BCUT2D eigenvalue weighted by Gasteiger charge is 2.18. The molecule has 69 valence electrons. The number of nitrogens with zero attached hydrogens (tertiary/aromatic N) is 3. The van der Waals surface area contributed by atoms with E-state index in [0.717, 1.165) is 26.0 Å². The van der Waals surface area contributed by atoms with Gasteiger partial charge in [0.2, 0.25) is 7.41 Å². The summed E-state index contributed by atoms with van der Waals surface area (Å²) in [6.45, 7) is 5.32. The Morgan fingerprint density at radius 1 is 1.62 bits per heavy atom. The van der Waals surface area contributed by atoms with Gasteiger partial charge in [-0.1, -0.05) is 13.2 Å². The molecule has 13 heavy (non-hydrogen) atoms. The fourth-order valence-electron chi connectivity index (χ4n) is 1.65. The molecule has 1 radical (unpaired) electrons. The third kappa shape index (κ3) is 1.91. The van der Waals surface area contributed by atoms with E-state index in [1.165, 1.54) is 9.26 Å². The molecule has 0 amide bonds. The van der Waals surface area contributed by atoms with Crippen LogP contribution in [0.4, 0.5) is 0 Å². The first-order valence-electron chi connectivity index (χ1n) is 4.59. The summed E-state index contributed by atoms with van der Waals surface area (Å²) in [7, 11) is 2.27. The first-order chi connectivity index (χ1) is 6.31. The molecule has 1 aromatic rings. The second kappa shape index (κ2) is 4.00. The molecule has 0 spiro atoms. The normalized spacial score (nSPS) is 17.1. The maximum Gasteiger partial charge on any atom is 0.208 e. The van der Waals surface area contributed by atoms with Crippen LogP contribution in [0.2, 0.25) is 6.32 Å². The lowest BCUT2D eigenvalue weighted by Gasteiger charge is -2.27. The molecule has 0 bridgehead atoms. The molecular formula is C8H12BIN3. The van der Waals surface area contributed by atoms with Crippen LogP contribution in [0, 0.1) is 3.57 Å². The highest BCUT2D eigenvalue weighted by atomic mass is 127. The molecular weight excluding hydrogens is 276 g/mol. The molecule has 0 N–H and O–H groups in total. The smallest absolute Gasteiger partial charge is 0.208 e. The molecule has 0 aromatic carbocycles. The van der Waals surface area contributed by atoms with Gasteiger partial charge in [-0.3, -0.25) is 4.68 Å². The topological polar surface area (TPSA) is 21.1 Å². The number of aromatic nitrogens is 2. The van der Waals surface area contributed by atoms with E-state index in [1.54, 1.807) is 0 Å². The zero-order valence-electron chi connectivity index (χ0n) is 7.70. The number of fused-ring (bicyclic) bond motifs is 1. The average molecular weight is 288 g/mol. The van der Waals surface area contributed by atoms with Gasteiger partial charge in [0.1, 0.15) is 0 Å². The van der Waals surface area contributed by atoms with E-state index in [9.17, 15) is 0 Å². The molecule has 1 aliphatic rings. The van der Waals surface area contributed by atoms with Crippen molar-refractivity contribution in [2.24, 2.45) is 0 Å². The van der Waals surface area contributed by atoms with Crippen LogP contribution < -0.4 is 0 Å². The van der Waals surface area contributed by atoms with Crippen LogP contribution in [0.15, 0.2) is 6.20 Å². The van der Waals surface area contributed by atoms with E-state index in [2.05, 4.69) is 51.5 Å². The molecule has 0 unspecified atom stereocenters. The molecule has 0 atom stereocenters. The van der Waals surface area contributed by atoms with Gasteiger partial charge in [-0.25, -0.2) is 0 Å². The lowest BCUT2D eigenvalue weighted by molar-refractivity contribution is 0.336. The van der Waals surface area contributed by atoms with Gasteiger partial charge >= 0.3 is 0 Å². The van der Waals surface area contributed by atoms with E-state index in [1.807, 2.05) is 6.20 Å². The van der Waals surface area contributed by atoms with E-state index in [4.69, 9.17) is 0 Å². The predicted molar refractivity (Wildman–Crippen MR) is 61.6 cm³/mol. The third-order valence-corrected chi connectivity index (χ3v) is 3.19. The highest BCUT2D eigenvalue weighted by Crippen LogP contribution is 2.17. The van der Waals surface area contributed by atoms with Crippen molar-refractivity contribution >= 4 is 30.0 Å².